The molecular formula is C23H27N3O6S2. The summed E-state index contributed by atoms with van der Waals surface area (Å²) in [4.78, 5) is 25.4. The number of ether oxygens (including phenoxy) is 2. The van der Waals surface area contributed by atoms with Crippen molar-refractivity contribution in [1.82, 2.24) is 4.72 Å². The van der Waals surface area contributed by atoms with Crippen LogP contribution in [0.25, 0.3) is 0 Å². The Bertz CT molecular complexity index is 1180. The molecule has 0 saturated heterocycles. The summed E-state index contributed by atoms with van der Waals surface area (Å²) in [6.07, 6.45) is 2.46. The Kier molecular flexibility index (Phi) is 8.66. The number of nitrogens with one attached hydrogen (secondary N) is 2. The van der Waals surface area contributed by atoms with Crippen LogP contribution >= 0.6 is 11.3 Å². The maximum Gasteiger partial charge on any atom is 0.307 e. The highest BCUT2D eigenvalue weighted by Gasteiger charge is 2.25. The molecule has 0 spiro atoms. The minimum atomic E-state index is -3.79. The average Bonchev–Trinajstić information content (AvgIpc) is 3.14. The van der Waals surface area contributed by atoms with Gasteiger partial charge in [0.2, 0.25) is 10.0 Å². The quantitative estimate of drug-likeness (QED) is 0.474. The summed E-state index contributed by atoms with van der Waals surface area (Å²) in [5, 5.41) is 12.6. The molecule has 1 atom stereocenters. The molecule has 1 aliphatic carbocycles. The molecule has 9 nitrogen and oxygen atoms in total. The van der Waals surface area contributed by atoms with Crippen LogP contribution in [0.15, 0.2) is 29.2 Å². The van der Waals surface area contributed by atoms with E-state index in [9.17, 15) is 23.3 Å². The molecule has 1 aromatic carbocycles. The lowest BCUT2D eigenvalue weighted by Gasteiger charge is -2.17. The fourth-order valence-electron chi connectivity index (χ4n) is 3.59. The average molecular weight is 506 g/mol. The van der Waals surface area contributed by atoms with Gasteiger partial charge in [-0.2, -0.15) is 5.26 Å². The summed E-state index contributed by atoms with van der Waals surface area (Å²) >= 11 is 1.39. The van der Waals surface area contributed by atoms with Gasteiger partial charge in [0.05, 0.1) is 23.5 Å². The van der Waals surface area contributed by atoms with Gasteiger partial charge in [-0.25, -0.2) is 13.1 Å². The molecule has 34 heavy (non-hydrogen) atoms. The molecule has 0 bridgehead atoms. The maximum absolute atomic E-state index is 12.3. The Hall–Kier alpha value is -2.94. The van der Waals surface area contributed by atoms with Gasteiger partial charge in [0.25, 0.3) is 5.91 Å². The number of anilines is 1. The molecular weight excluding hydrogens is 478 g/mol. The smallest absolute Gasteiger partial charge is 0.307 e. The number of sulfonamides is 1. The van der Waals surface area contributed by atoms with Crippen molar-refractivity contribution in [3.8, 4) is 11.8 Å². The number of nitriles is 1. The fourth-order valence-corrected chi connectivity index (χ4v) is 6.00. The number of carbonyl (C=O) groups is 2. The summed E-state index contributed by atoms with van der Waals surface area (Å²) in [6, 6.07) is 8.09. The van der Waals surface area contributed by atoms with E-state index in [1.165, 1.54) is 23.5 Å². The van der Waals surface area contributed by atoms with Crippen molar-refractivity contribution < 1.29 is 27.5 Å². The second-order valence-corrected chi connectivity index (χ2v) is 10.8. The van der Waals surface area contributed by atoms with Crippen molar-refractivity contribution in [1.29, 1.82) is 5.26 Å². The van der Waals surface area contributed by atoms with Crippen LogP contribution < -0.4 is 14.8 Å². The van der Waals surface area contributed by atoms with Crippen LogP contribution in [-0.4, -0.2) is 40.1 Å². The van der Waals surface area contributed by atoms with E-state index in [0.717, 1.165) is 29.7 Å². The highest BCUT2D eigenvalue weighted by atomic mass is 32.2. The first-order valence-electron chi connectivity index (χ1n) is 11.0. The van der Waals surface area contributed by atoms with Crippen molar-refractivity contribution in [2.45, 2.75) is 44.4 Å². The van der Waals surface area contributed by atoms with Crippen LogP contribution in [0, 0.1) is 17.2 Å². The Morgan fingerprint density at radius 2 is 2.00 bits per heavy atom. The monoisotopic (exact) mass is 505 g/mol. The number of amides is 1. The molecule has 0 unspecified atom stereocenters. The van der Waals surface area contributed by atoms with Gasteiger partial charge in [-0.1, -0.05) is 6.92 Å². The van der Waals surface area contributed by atoms with Crippen molar-refractivity contribution in [3.05, 3.63) is 40.3 Å². The molecule has 11 heteroatoms. The topological polar surface area (TPSA) is 135 Å². The van der Waals surface area contributed by atoms with E-state index in [0.29, 0.717) is 28.8 Å². The Morgan fingerprint density at radius 1 is 1.26 bits per heavy atom. The van der Waals surface area contributed by atoms with Crippen molar-refractivity contribution in [3.63, 3.8) is 0 Å². The SMILES string of the molecule is CCOc1ccc(S(=O)(=O)NCCC(=O)OCC(=O)Nc2sc3c(c2C#N)CC[C@H](C)C3)cc1. The zero-order valence-electron chi connectivity index (χ0n) is 19.0. The number of fused-ring (bicyclic) bond motifs is 1. The lowest BCUT2D eigenvalue weighted by atomic mass is 9.89. The zero-order chi connectivity index (χ0) is 24.7. The molecule has 2 N–H and O–H groups in total. The standard InChI is InChI=1S/C23H27N3O6S2/c1-3-31-16-5-7-17(8-6-16)34(29,30)25-11-10-22(28)32-14-21(27)26-23-19(13-24)18-9-4-15(2)12-20(18)33-23/h5-8,15,25H,3-4,9-12,14H2,1-2H3,(H,26,27)/t15-/m0/s1. The highest BCUT2D eigenvalue weighted by Crippen LogP contribution is 2.39. The first-order chi connectivity index (χ1) is 16.2. The van der Waals surface area contributed by atoms with Gasteiger partial charge >= 0.3 is 5.97 Å². The van der Waals surface area contributed by atoms with Gasteiger partial charge in [0, 0.05) is 11.4 Å². The Morgan fingerprint density at radius 3 is 2.68 bits per heavy atom. The summed E-state index contributed by atoms with van der Waals surface area (Å²) in [5.41, 5.74) is 1.48. The van der Waals surface area contributed by atoms with E-state index in [2.05, 4.69) is 23.0 Å². The molecule has 1 heterocycles. The Labute approximate surface area is 203 Å². The van der Waals surface area contributed by atoms with E-state index in [4.69, 9.17) is 9.47 Å². The largest absolute Gasteiger partial charge is 0.494 e. The van der Waals surface area contributed by atoms with Gasteiger partial charge in [-0.05, 0) is 61.9 Å². The molecule has 0 aliphatic heterocycles. The van der Waals surface area contributed by atoms with Crippen LogP contribution in [0.4, 0.5) is 5.00 Å². The minimum Gasteiger partial charge on any atom is -0.494 e. The van der Waals surface area contributed by atoms with E-state index >= 15 is 0 Å². The van der Waals surface area contributed by atoms with Gasteiger partial charge in [0.1, 0.15) is 16.8 Å². The minimum absolute atomic E-state index is 0.0463. The highest BCUT2D eigenvalue weighted by molar-refractivity contribution is 7.89. The molecule has 1 amide bonds. The fraction of sp³-hybridized carbons (Fsp3) is 0.435. The number of benzene rings is 1. The number of hydrogen-bond acceptors (Lipinski definition) is 8. The summed E-state index contributed by atoms with van der Waals surface area (Å²) < 4.78 is 37.2. The summed E-state index contributed by atoms with van der Waals surface area (Å²) in [6.45, 7) is 3.76. The van der Waals surface area contributed by atoms with Crippen LogP contribution in [-0.2, 0) is 37.2 Å². The molecule has 2 aromatic rings. The second-order valence-electron chi connectivity index (χ2n) is 7.93. The predicted molar refractivity (Wildman–Crippen MR) is 127 cm³/mol. The number of nitrogens with zero attached hydrogens (tertiary/aromatic N) is 1. The predicted octanol–water partition coefficient (Wildman–Crippen LogP) is 2.99. The third-order valence-electron chi connectivity index (χ3n) is 5.31. The molecule has 3 rings (SSSR count). The van der Waals surface area contributed by atoms with Gasteiger partial charge in [0.15, 0.2) is 6.61 Å². The maximum atomic E-state index is 12.3. The van der Waals surface area contributed by atoms with Crippen LogP contribution in [0.2, 0.25) is 0 Å². The third-order valence-corrected chi connectivity index (χ3v) is 7.95. The Balaban J connectivity index is 1.44. The summed E-state index contributed by atoms with van der Waals surface area (Å²) in [5.74, 6) is -0.174. The van der Waals surface area contributed by atoms with Crippen LogP contribution in [0.5, 0.6) is 5.75 Å². The van der Waals surface area contributed by atoms with Crippen molar-refractivity contribution in [2.24, 2.45) is 5.92 Å². The first-order valence-corrected chi connectivity index (χ1v) is 13.3. The van der Waals surface area contributed by atoms with E-state index in [1.807, 2.05) is 6.92 Å². The molecule has 0 fully saturated rings. The van der Waals surface area contributed by atoms with E-state index < -0.39 is 28.5 Å². The molecule has 1 aliphatic rings. The molecule has 0 radical (unpaired) electrons. The molecule has 182 valence electrons. The molecule has 0 saturated carbocycles. The normalized spacial score (nSPS) is 15.1. The number of carbonyl (C=O) groups excluding carboxylic acids is 2. The van der Waals surface area contributed by atoms with Crippen LogP contribution in [0.3, 0.4) is 0 Å². The van der Waals surface area contributed by atoms with Crippen molar-refractivity contribution >= 4 is 38.2 Å². The number of rotatable bonds is 10. The van der Waals surface area contributed by atoms with Gasteiger partial charge in [-0.3, -0.25) is 9.59 Å². The van der Waals surface area contributed by atoms with Crippen molar-refractivity contribution in [2.75, 3.05) is 25.1 Å². The van der Waals surface area contributed by atoms with Crippen LogP contribution in [0.1, 0.15) is 42.7 Å². The lowest BCUT2D eigenvalue weighted by molar-refractivity contribution is -0.147. The summed E-state index contributed by atoms with van der Waals surface area (Å²) in [7, 11) is -3.79. The number of thiophene rings is 1. The van der Waals surface area contributed by atoms with E-state index in [-0.39, 0.29) is 17.9 Å². The molecule has 1 aromatic heterocycles. The first kappa shape index (κ1) is 25.7. The lowest BCUT2D eigenvalue weighted by Crippen LogP contribution is -2.28. The third kappa shape index (κ3) is 6.56. The second kappa shape index (κ2) is 11.5. The number of hydrogen-bond donors (Lipinski definition) is 2. The van der Waals surface area contributed by atoms with Gasteiger partial charge < -0.3 is 14.8 Å². The number of esters is 1. The zero-order valence-corrected chi connectivity index (χ0v) is 20.7. The van der Waals surface area contributed by atoms with Gasteiger partial charge in [-0.15, -0.1) is 11.3 Å². The van der Waals surface area contributed by atoms with E-state index in [1.54, 1.807) is 12.1 Å².